The smallest absolute Gasteiger partial charge is 0.475 e. The van der Waals surface area contributed by atoms with Gasteiger partial charge in [-0.15, -0.1) is 0 Å². The molecule has 3 unspecified atom stereocenters. The maximum atomic E-state index is 12.7. The summed E-state index contributed by atoms with van der Waals surface area (Å²) in [6.45, 7) is -2.07. The number of carboxylic acid groups (broad SMARTS) is 1. The van der Waals surface area contributed by atoms with Crippen molar-refractivity contribution in [3.63, 3.8) is 0 Å². The molecule has 3 heterocycles. The lowest BCUT2D eigenvalue weighted by atomic mass is 9.90. The lowest BCUT2D eigenvalue weighted by molar-refractivity contribution is -0.293. The molecule has 224 valence electrons. The highest BCUT2D eigenvalue weighted by Crippen LogP contribution is 2.51. The molecule has 1 aromatic heterocycles. The second kappa shape index (κ2) is 12.4. The van der Waals surface area contributed by atoms with Gasteiger partial charge in [0.05, 0.1) is 31.5 Å². The van der Waals surface area contributed by atoms with E-state index in [0.29, 0.717) is 0 Å². The number of nitrogen functional groups attached to an aromatic ring is 1. The molecule has 2 fully saturated rings. The van der Waals surface area contributed by atoms with Crippen LogP contribution in [0.25, 0.3) is 10.4 Å². The van der Waals surface area contributed by atoms with E-state index in [-0.39, 0.29) is 5.82 Å². The summed E-state index contributed by atoms with van der Waals surface area (Å²) in [7, 11) is -5.52. The highest BCUT2D eigenvalue weighted by Gasteiger charge is 2.58. The van der Waals surface area contributed by atoms with Crippen LogP contribution in [-0.2, 0) is 27.9 Å². The lowest BCUT2D eigenvalue weighted by Gasteiger charge is -2.44. The molecular weight excluding hydrogens is 571 g/mol. The second-order valence-corrected chi connectivity index (χ2v) is 10.2. The number of azide groups is 1. The van der Waals surface area contributed by atoms with Crippen LogP contribution in [0.5, 0.6) is 0 Å². The maximum absolute atomic E-state index is 12.7. The van der Waals surface area contributed by atoms with Crippen molar-refractivity contribution in [3.05, 3.63) is 33.2 Å². The maximum Gasteiger partial charge on any atom is 0.475 e. The van der Waals surface area contributed by atoms with Crippen LogP contribution in [0.1, 0.15) is 12.6 Å². The number of carbonyl (C=O) groups is 1. The first kappa shape index (κ1) is 31.8. The number of carboxylic acids is 1. The first-order valence-electron chi connectivity index (χ1n) is 11.3. The van der Waals surface area contributed by atoms with E-state index in [9.17, 15) is 54.8 Å². The molecule has 0 bridgehead atoms. The third kappa shape index (κ3) is 6.58. The Morgan fingerprint density at radius 1 is 1.35 bits per heavy atom. The fourth-order valence-corrected chi connectivity index (χ4v) is 5.04. The van der Waals surface area contributed by atoms with E-state index in [4.69, 9.17) is 29.8 Å². The fourth-order valence-electron chi connectivity index (χ4n) is 4.09. The van der Waals surface area contributed by atoms with Gasteiger partial charge in [0.1, 0.15) is 36.3 Å². The van der Waals surface area contributed by atoms with Gasteiger partial charge in [-0.2, -0.15) is 4.98 Å². The quantitative estimate of drug-likeness (QED) is 0.0505. The van der Waals surface area contributed by atoms with Gasteiger partial charge < -0.3 is 55.8 Å². The number of ether oxygens (including phenoxy) is 2. The van der Waals surface area contributed by atoms with E-state index in [0.717, 1.165) is 10.8 Å². The number of phosphoric ester groups is 1. The summed E-state index contributed by atoms with van der Waals surface area (Å²) in [6.07, 6.45) is -14.7. The molecule has 11 atom stereocenters. The van der Waals surface area contributed by atoms with E-state index in [2.05, 4.69) is 15.0 Å². The number of nitrogens with zero attached hydrogens (tertiary/aromatic N) is 5. The Morgan fingerprint density at radius 2 is 2.02 bits per heavy atom. The number of phosphoric acid groups is 1. The monoisotopic (exact) mass is 598 g/mol. The van der Waals surface area contributed by atoms with Gasteiger partial charge >= 0.3 is 19.5 Å². The van der Waals surface area contributed by atoms with E-state index in [1.165, 1.54) is 6.07 Å². The molecule has 40 heavy (non-hydrogen) atoms. The number of anilines is 1. The largest absolute Gasteiger partial charge is 0.477 e. The molecule has 3 rings (SSSR count). The number of rotatable bonds is 11. The number of aliphatic hydroxyl groups excluding tert-OH is 6. The summed E-state index contributed by atoms with van der Waals surface area (Å²) in [5.74, 6) is -5.48. The van der Waals surface area contributed by atoms with Gasteiger partial charge in [0, 0.05) is 17.5 Å². The fraction of sp³-hybridized carbons (Fsp3) is 0.722. The van der Waals surface area contributed by atoms with Crippen LogP contribution < -0.4 is 11.4 Å². The molecule has 10 N–H and O–H groups in total. The van der Waals surface area contributed by atoms with Gasteiger partial charge in [-0.25, -0.2) is 18.7 Å². The average Bonchev–Trinajstić information content (AvgIpc) is 3.16. The molecule has 2 aliphatic rings. The lowest BCUT2D eigenvalue weighted by Crippen LogP contribution is -2.63. The molecule has 0 saturated carbocycles. The highest BCUT2D eigenvalue weighted by molar-refractivity contribution is 7.47. The second-order valence-electron chi connectivity index (χ2n) is 8.79. The number of aromatic nitrogens is 2. The van der Waals surface area contributed by atoms with Gasteiger partial charge in [0.2, 0.25) is 0 Å². The summed E-state index contributed by atoms with van der Waals surface area (Å²) in [5, 5.41) is 73.1. The SMILES string of the molecule is [N-]=[N+]=N[C@@H](C1O[C@](OP(=O)(O)OC[C@H]2O[C@@H](n3ccc(N)nc3=O)C(O)[C@H]2O)(C(=O)O)C[C@@H](O)[C@H]1O)[C@H](O)CO. The summed E-state index contributed by atoms with van der Waals surface area (Å²) < 4.78 is 33.5. The van der Waals surface area contributed by atoms with E-state index >= 15 is 0 Å². The Morgan fingerprint density at radius 3 is 2.60 bits per heavy atom. The first-order valence-corrected chi connectivity index (χ1v) is 12.8. The molecule has 2 saturated heterocycles. The van der Waals surface area contributed by atoms with Crippen molar-refractivity contribution in [1.82, 2.24) is 9.55 Å². The summed E-state index contributed by atoms with van der Waals surface area (Å²) in [4.78, 5) is 40.3. The molecule has 22 heteroatoms. The highest BCUT2D eigenvalue weighted by atomic mass is 31.2. The topological polar surface area (TPSA) is 343 Å². The Hall–Kier alpha value is -2.75. The number of aliphatic hydroxyl groups is 6. The zero-order valence-corrected chi connectivity index (χ0v) is 21.1. The molecule has 2 aliphatic heterocycles. The Bertz CT molecular complexity index is 1230. The predicted molar refractivity (Wildman–Crippen MR) is 124 cm³/mol. The normalized spacial score (nSPS) is 35.3. The van der Waals surface area contributed by atoms with Crippen molar-refractivity contribution in [2.24, 2.45) is 5.11 Å². The van der Waals surface area contributed by atoms with Crippen LogP contribution in [0.15, 0.2) is 22.2 Å². The summed E-state index contributed by atoms with van der Waals surface area (Å²) >= 11 is 0. The number of nitrogens with two attached hydrogens (primary N) is 1. The average molecular weight is 598 g/mol. The molecule has 0 aliphatic carbocycles. The molecule has 21 nitrogen and oxygen atoms in total. The van der Waals surface area contributed by atoms with Crippen molar-refractivity contribution in [2.75, 3.05) is 18.9 Å². The number of hydrogen-bond donors (Lipinski definition) is 9. The zero-order chi connectivity index (χ0) is 30.0. The Labute approximate surface area is 222 Å². The molecular formula is C18H27N6O15P. The molecule has 0 spiro atoms. The molecule has 0 radical (unpaired) electrons. The van der Waals surface area contributed by atoms with Crippen LogP contribution in [0.3, 0.4) is 0 Å². The molecule has 1 aromatic rings. The molecule has 0 aromatic carbocycles. The summed E-state index contributed by atoms with van der Waals surface area (Å²) in [5.41, 5.74) is 13.2. The van der Waals surface area contributed by atoms with Crippen molar-refractivity contribution in [1.29, 1.82) is 0 Å². The van der Waals surface area contributed by atoms with Gasteiger partial charge in [-0.05, 0) is 11.6 Å². The minimum absolute atomic E-state index is 0.138. The van der Waals surface area contributed by atoms with Gasteiger partial charge in [-0.3, -0.25) is 9.09 Å². The van der Waals surface area contributed by atoms with E-state index in [1.807, 2.05) is 0 Å². The summed E-state index contributed by atoms with van der Waals surface area (Å²) in [6, 6.07) is -0.697. The van der Waals surface area contributed by atoms with E-state index < -0.39 is 99.9 Å². The third-order valence-corrected chi connectivity index (χ3v) is 7.09. The van der Waals surface area contributed by atoms with Crippen molar-refractivity contribution < 1.29 is 68.5 Å². The van der Waals surface area contributed by atoms with Crippen LogP contribution >= 0.6 is 7.82 Å². The van der Waals surface area contributed by atoms with Crippen LogP contribution in [0.4, 0.5) is 5.82 Å². The van der Waals surface area contributed by atoms with E-state index in [1.54, 1.807) is 0 Å². The van der Waals surface area contributed by atoms with Gasteiger partial charge in [0.15, 0.2) is 6.23 Å². The van der Waals surface area contributed by atoms with Crippen LogP contribution in [0, 0.1) is 0 Å². The Balaban J connectivity index is 1.78. The third-order valence-electron chi connectivity index (χ3n) is 6.09. The predicted octanol–water partition coefficient (Wildman–Crippen LogP) is -4.10. The number of aliphatic carboxylic acids is 1. The van der Waals surface area contributed by atoms with Crippen LogP contribution in [0.2, 0.25) is 0 Å². The van der Waals surface area contributed by atoms with Crippen molar-refractivity contribution in [3.8, 4) is 0 Å². The minimum Gasteiger partial charge on any atom is -0.477 e. The zero-order valence-electron chi connectivity index (χ0n) is 20.2. The van der Waals surface area contributed by atoms with Crippen molar-refractivity contribution >= 4 is 19.6 Å². The molecule has 0 amide bonds. The van der Waals surface area contributed by atoms with Crippen LogP contribution in [-0.4, -0.2) is 124 Å². The number of hydrogen-bond acceptors (Lipinski definition) is 16. The van der Waals surface area contributed by atoms with Gasteiger partial charge in [-0.1, -0.05) is 5.11 Å². The minimum atomic E-state index is -5.52. The standard InChI is InChI=1S/C18H27N6O15P/c19-9-1-2-24(17(33)21-9)15-13(30)12(29)8(37-15)5-36-40(34,35)39-18(16(31)32)3-6(26)11(28)14(38-18)10(22-23-20)7(27)4-25/h1-2,6-8,10-15,25-30H,3-5H2,(H,31,32)(H,34,35)(H2,19,21,33)/t6-,7-,8-,10-,11-,12+,13?,14?,15-,18-/m1/s1. The Kier molecular flexibility index (Phi) is 9.86. The first-order chi connectivity index (χ1) is 18.7. The van der Waals surface area contributed by atoms with Crippen molar-refractivity contribution in [2.45, 2.75) is 67.2 Å². The van der Waals surface area contributed by atoms with Gasteiger partial charge in [0.25, 0.3) is 5.79 Å².